The van der Waals surface area contributed by atoms with Crippen molar-refractivity contribution in [1.29, 1.82) is 0 Å². The van der Waals surface area contributed by atoms with E-state index in [2.05, 4.69) is 23.5 Å². The fraction of sp³-hybridized carbons (Fsp3) is 0.273. The van der Waals surface area contributed by atoms with Crippen LogP contribution in [0.4, 0.5) is 0 Å². The highest BCUT2D eigenvalue weighted by molar-refractivity contribution is 6.01. The summed E-state index contributed by atoms with van der Waals surface area (Å²) < 4.78 is 10.5. The highest BCUT2D eigenvalue weighted by Gasteiger charge is 2.39. The van der Waals surface area contributed by atoms with Crippen LogP contribution >= 0.6 is 0 Å². The number of amides is 1. The van der Waals surface area contributed by atoms with Crippen LogP contribution in [0, 0.1) is 0 Å². The predicted octanol–water partition coefficient (Wildman–Crippen LogP) is 3.48. The Morgan fingerprint density at radius 1 is 0.963 bits per heavy atom. The lowest BCUT2D eigenvalue weighted by Gasteiger charge is -2.15. The zero-order valence-electron chi connectivity index (χ0n) is 15.7. The molecule has 1 fully saturated rings. The Morgan fingerprint density at radius 2 is 1.59 bits per heavy atom. The number of benzene rings is 2. The number of carbonyl (C=O) groups excluding carboxylic acids is 2. The third-order valence-electron chi connectivity index (χ3n) is 4.35. The van der Waals surface area contributed by atoms with E-state index in [4.69, 9.17) is 9.47 Å². The number of cyclic esters (lactones) is 1. The van der Waals surface area contributed by atoms with E-state index in [1.807, 2.05) is 36.4 Å². The van der Waals surface area contributed by atoms with Gasteiger partial charge in [-0.2, -0.15) is 0 Å². The highest BCUT2D eigenvalue weighted by atomic mass is 16.8. The molecule has 5 nitrogen and oxygen atoms in total. The van der Waals surface area contributed by atoms with Gasteiger partial charge < -0.3 is 14.8 Å². The van der Waals surface area contributed by atoms with E-state index < -0.39 is 11.8 Å². The number of nitrogens with one attached hydrogen (secondary N) is 1. The van der Waals surface area contributed by atoms with E-state index in [-0.39, 0.29) is 17.2 Å². The summed E-state index contributed by atoms with van der Waals surface area (Å²) in [5, 5.41) is 2.87. The largest absolute Gasteiger partial charge is 0.445 e. The molecule has 1 heterocycles. The smallest absolute Gasteiger partial charge is 0.377 e. The molecule has 0 radical (unpaired) electrons. The lowest BCUT2D eigenvalue weighted by Crippen LogP contribution is -2.26. The van der Waals surface area contributed by atoms with Crippen molar-refractivity contribution in [3.8, 4) is 0 Å². The molecule has 1 amide bonds. The predicted molar refractivity (Wildman–Crippen MR) is 101 cm³/mol. The van der Waals surface area contributed by atoms with Gasteiger partial charge >= 0.3 is 5.97 Å². The van der Waals surface area contributed by atoms with Crippen LogP contribution in [0.25, 0.3) is 0 Å². The summed E-state index contributed by atoms with van der Waals surface area (Å²) in [4.78, 5) is 24.4. The van der Waals surface area contributed by atoms with Gasteiger partial charge in [0.25, 0.3) is 5.91 Å². The fourth-order valence-corrected chi connectivity index (χ4v) is 2.94. The van der Waals surface area contributed by atoms with Gasteiger partial charge in [0.05, 0.1) is 5.57 Å². The summed E-state index contributed by atoms with van der Waals surface area (Å²) >= 11 is 0. The molecule has 0 spiro atoms. The fourth-order valence-electron chi connectivity index (χ4n) is 2.94. The molecule has 1 aliphatic rings. The SMILES string of the molecule is CC(C(=O)NCc1ccccc1Cc1ccccc1)=C1OC(C)(C)OC1=O. The van der Waals surface area contributed by atoms with E-state index in [0.717, 1.165) is 17.5 Å². The molecule has 2 aromatic rings. The quantitative estimate of drug-likeness (QED) is 0.651. The minimum Gasteiger partial charge on any atom is -0.445 e. The van der Waals surface area contributed by atoms with Crippen molar-refractivity contribution in [3.63, 3.8) is 0 Å². The first kappa shape index (κ1) is 18.7. The molecule has 1 N–H and O–H groups in total. The number of hydrogen-bond donors (Lipinski definition) is 1. The number of ether oxygens (including phenoxy) is 2. The average molecular weight is 365 g/mol. The molecule has 0 unspecified atom stereocenters. The van der Waals surface area contributed by atoms with Crippen LogP contribution in [0.5, 0.6) is 0 Å². The summed E-state index contributed by atoms with van der Waals surface area (Å²) in [5.74, 6) is -2.04. The van der Waals surface area contributed by atoms with Crippen molar-refractivity contribution in [2.45, 2.75) is 39.5 Å². The summed E-state index contributed by atoms with van der Waals surface area (Å²) in [6.07, 6.45) is 0.788. The molecule has 0 bridgehead atoms. The van der Waals surface area contributed by atoms with Gasteiger partial charge in [0.1, 0.15) is 0 Å². The first-order chi connectivity index (χ1) is 12.9. The molecule has 0 saturated carbocycles. The Kier molecular flexibility index (Phi) is 5.31. The minimum atomic E-state index is -1.05. The van der Waals surface area contributed by atoms with Gasteiger partial charge in [-0.1, -0.05) is 54.6 Å². The van der Waals surface area contributed by atoms with E-state index in [9.17, 15) is 9.59 Å². The molecule has 2 aromatic carbocycles. The highest BCUT2D eigenvalue weighted by Crippen LogP contribution is 2.28. The number of carbonyl (C=O) groups is 2. The van der Waals surface area contributed by atoms with Crippen molar-refractivity contribution in [1.82, 2.24) is 5.32 Å². The van der Waals surface area contributed by atoms with E-state index in [1.54, 1.807) is 20.8 Å². The minimum absolute atomic E-state index is 0.0323. The van der Waals surface area contributed by atoms with Crippen molar-refractivity contribution >= 4 is 11.9 Å². The first-order valence-corrected chi connectivity index (χ1v) is 8.88. The van der Waals surface area contributed by atoms with Crippen molar-refractivity contribution in [2.24, 2.45) is 0 Å². The Morgan fingerprint density at radius 3 is 2.22 bits per heavy atom. The second-order valence-electron chi connectivity index (χ2n) is 6.96. The van der Waals surface area contributed by atoms with Crippen LogP contribution in [0.3, 0.4) is 0 Å². The molecular weight excluding hydrogens is 342 g/mol. The van der Waals surface area contributed by atoms with Crippen LogP contribution in [0.15, 0.2) is 65.9 Å². The van der Waals surface area contributed by atoms with E-state index in [1.165, 1.54) is 5.56 Å². The molecule has 27 heavy (non-hydrogen) atoms. The summed E-state index contributed by atoms with van der Waals surface area (Å²) in [7, 11) is 0. The van der Waals surface area contributed by atoms with Gasteiger partial charge in [0.15, 0.2) is 0 Å². The van der Waals surface area contributed by atoms with Gasteiger partial charge in [-0.25, -0.2) is 4.79 Å². The topological polar surface area (TPSA) is 64.6 Å². The van der Waals surface area contributed by atoms with Gasteiger partial charge in [-0.05, 0) is 30.0 Å². The molecule has 5 heteroatoms. The second-order valence-corrected chi connectivity index (χ2v) is 6.96. The van der Waals surface area contributed by atoms with Gasteiger partial charge in [-0.3, -0.25) is 4.79 Å². The van der Waals surface area contributed by atoms with Gasteiger partial charge in [-0.15, -0.1) is 0 Å². The van der Waals surface area contributed by atoms with Gasteiger partial charge in [0.2, 0.25) is 11.5 Å². The van der Waals surface area contributed by atoms with Crippen LogP contribution < -0.4 is 5.32 Å². The van der Waals surface area contributed by atoms with Crippen molar-refractivity contribution in [2.75, 3.05) is 0 Å². The van der Waals surface area contributed by atoms with E-state index in [0.29, 0.717) is 6.54 Å². The maximum absolute atomic E-state index is 12.5. The number of rotatable bonds is 5. The van der Waals surface area contributed by atoms with Crippen LogP contribution in [0.1, 0.15) is 37.5 Å². The number of esters is 1. The summed E-state index contributed by atoms with van der Waals surface area (Å²) in [6, 6.07) is 18.1. The van der Waals surface area contributed by atoms with Crippen LogP contribution in [-0.4, -0.2) is 17.7 Å². The third kappa shape index (κ3) is 4.56. The molecule has 1 saturated heterocycles. The maximum Gasteiger partial charge on any atom is 0.377 e. The maximum atomic E-state index is 12.5. The molecule has 140 valence electrons. The van der Waals surface area contributed by atoms with Crippen LogP contribution in [-0.2, 0) is 32.0 Å². The standard InChI is InChI=1S/C22H23NO4/c1-15(19-21(25)27-22(2,3)26-19)20(24)23-14-18-12-8-7-11-17(18)13-16-9-5-4-6-10-16/h4-12H,13-14H2,1-3H3,(H,23,24). The molecule has 0 aliphatic carbocycles. The van der Waals surface area contributed by atoms with E-state index >= 15 is 0 Å². The first-order valence-electron chi connectivity index (χ1n) is 8.88. The zero-order chi connectivity index (χ0) is 19.4. The molecular formula is C22H23NO4. The van der Waals surface area contributed by atoms with Crippen molar-refractivity contribution in [3.05, 3.63) is 82.6 Å². The molecule has 3 rings (SSSR count). The third-order valence-corrected chi connectivity index (χ3v) is 4.35. The Balaban J connectivity index is 1.70. The van der Waals surface area contributed by atoms with Crippen LogP contribution in [0.2, 0.25) is 0 Å². The Bertz CT molecular complexity index is 884. The van der Waals surface area contributed by atoms with Gasteiger partial charge in [0, 0.05) is 20.4 Å². The summed E-state index contributed by atoms with van der Waals surface area (Å²) in [6.45, 7) is 5.18. The normalized spacial score (nSPS) is 17.1. The molecule has 0 atom stereocenters. The monoisotopic (exact) mass is 365 g/mol. The van der Waals surface area contributed by atoms with Crippen molar-refractivity contribution < 1.29 is 19.1 Å². The Labute approximate surface area is 159 Å². The molecule has 0 aromatic heterocycles. The molecule has 1 aliphatic heterocycles. The number of hydrogen-bond acceptors (Lipinski definition) is 4. The summed E-state index contributed by atoms with van der Waals surface area (Å²) in [5.41, 5.74) is 3.60. The average Bonchev–Trinajstić information content (AvgIpc) is 2.93. The lowest BCUT2D eigenvalue weighted by molar-refractivity contribution is -0.159. The zero-order valence-corrected chi connectivity index (χ0v) is 15.7. The Hall–Kier alpha value is -3.08. The lowest BCUT2D eigenvalue weighted by atomic mass is 9.99. The second kappa shape index (κ2) is 7.66.